The molecular formula is C13H12N4S2. The molecule has 0 aliphatic rings. The SMILES string of the molecule is CSC(=Nc1ccccc1-c1csc(C)n1)NC#N. The van der Waals surface area contributed by atoms with Gasteiger partial charge in [-0.2, -0.15) is 5.26 Å². The molecule has 2 aromatic rings. The molecule has 0 saturated heterocycles. The number of rotatable bonds is 2. The van der Waals surface area contributed by atoms with Crippen molar-refractivity contribution < 1.29 is 0 Å². The van der Waals surface area contributed by atoms with E-state index >= 15 is 0 Å². The Morgan fingerprint density at radius 2 is 2.26 bits per heavy atom. The van der Waals surface area contributed by atoms with Crippen LogP contribution in [0.2, 0.25) is 0 Å². The van der Waals surface area contributed by atoms with Crippen molar-refractivity contribution in [3.05, 3.63) is 34.7 Å². The molecule has 0 atom stereocenters. The van der Waals surface area contributed by atoms with Gasteiger partial charge in [0, 0.05) is 10.9 Å². The minimum absolute atomic E-state index is 0.571. The molecule has 19 heavy (non-hydrogen) atoms. The van der Waals surface area contributed by atoms with Gasteiger partial charge in [0.05, 0.1) is 16.4 Å². The normalized spacial score (nSPS) is 11.1. The third-order valence-electron chi connectivity index (χ3n) is 2.38. The van der Waals surface area contributed by atoms with Gasteiger partial charge in [-0.3, -0.25) is 5.32 Å². The molecule has 1 N–H and O–H groups in total. The van der Waals surface area contributed by atoms with Crippen LogP contribution in [-0.2, 0) is 0 Å². The van der Waals surface area contributed by atoms with E-state index in [1.54, 1.807) is 11.3 Å². The molecule has 0 saturated carbocycles. The fourth-order valence-corrected chi connectivity index (χ4v) is 2.51. The molecule has 0 spiro atoms. The Hall–Kier alpha value is -1.84. The maximum atomic E-state index is 8.67. The van der Waals surface area contributed by atoms with Crippen LogP contribution in [0, 0.1) is 18.4 Å². The van der Waals surface area contributed by atoms with E-state index in [1.165, 1.54) is 11.8 Å². The van der Waals surface area contributed by atoms with E-state index in [4.69, 9.17) is 5.26 Å². The molecule has 0 radical (unpaired) electrons. The highest BCUT2D eigenvalue weighted by Crippen LogP contribution is 2.31. The zero-order valence-electron chi connectivity index (χ0n) is 10.5. The minimum atomic E-state index is 0.571. The van der Waals surface area contributed by atoms with Gasteiger partial charge < -0.3 is 0 Å². The lowest BCUT2D eigenvalue weighted by Crippen LogP contribution is -2.12. The average Bonchev–Trinajstić information content (AvgIpc) is 2.85. The van der Waals surface area contributed by atoms with Crippen molar-refractivity contribution in [2.24, 2.45) is 4.99 Å². The fraction of sp³-hybridized carbons (Fsp3) is 0.154. The summed E-state index contributed by atoms with van der Waals surface area (Å²) < 4.78 is 0. The first-order valence-corrected chi connectivity index (χ1v) is 7.64. The van der Waals surface area contributed by atoms with Crippen molar-refractivity contribution in [1.82, 2.24) is 10.3 Å². The number of aryl methyl sites for hydroxylation is 1. The Balaban J connectivity index is 2.45. The van der Waals surface area contributed by atoms with Gasteiger partial charge in [0.15, 0.2) is 11.4 Å². The van der Waals surface area contributed by atoms with Crippen LogP contribution in [-0.4, -0.2) is 16.4 Å². The number of para-hydroxylation sites is 1. The Kier molecular flexibility index (Phi) is 4.55. The maximum Gasteiger partial charge on any atom is 0.183 e. The lowest BCUT2D eigenvalue weighted by atomic mass is 10.1. The van der Waals surface area contributed by atoms with Crippen LogP contribution in [0.25, 0.3) is 11.3 Å². The van der Waals surface area contributed by atoms with Crippen molar-refractivity contribution >= 4 is 34.0 Å². The van der Waals surface area contributed by atoms with Crippen molar-refractivity contribution in [1.29, 1.82) is 5.26 Å². The van der Waals surface area contributed by atoms with E-state index in [0.717, 1.165) is 22.0 Å². The molecule has 0 aliphatic heterocycles. The quantitative estimate of drug-likeness (QED) is 0.397. The highest BCUT2D eigenvalue weighted by atomic mass is 32.2. The third kappa shape index (κ3) is 3.34. The number of thiazole rings is 1. The van der Waals surface area contributed by atoms with Crippen LogP contribution in [0.1, 0.15) is 5.01 Å². The second kappa shape index (κ2) is 6.36. The summed E-state index contributed by atoms with van der Waals surface area (Å²) in [6, 6.07) is 7.78. The first-order valence-electron chi connectivity index (χ1n) is 5.54. The number of hydrogen-bond donors (Lipinski definition) is 1. The number of nitriles is 1. The molecule has 0 amide bonds. The lowest BCUT2D eigenvalue weighted by molar-refractivity contribution is 1.27. The topological polar surface area (TPSA) is 61.1 Å². The summed E-state index contributed by atoms with van der Waals surface area (Å²) >= 11 is 3.01. The number of benzene rings is 1. The first kappa shape index (κ1) is 13.6. The first-order chi connectivity index (χ1) is 9.24. The van der Waals surface area contributed by atoms with Crippen LogP contribution in [0.5, 0.6) is 0 Å². The van der Waals surface area contributed by atoms with Gasteiger partial charge in [0.2, 0.25) is 0 Å². The van der Waals surface area contributed by atoms with E-state index in [0.29, 0.717) is 5.17 Å². The summed E-state index contributed by atoms with van der Waals surface area (Å²) in [7, 11) is 0. The number of nitrogens with one attached hydrogen (secondary N) is 1. The van der Waals surface area contributed by atoms with Crippen LogP contribution >= 0.6 is 23.1 Å². The number of aromatic nitrogens is 1. The van der Waals surface area contributed by atoms with Gasteiger partial charge in [-0.1, -0.05) is 30.0 Å². The summed E-state index contributed by atoms with van der Waals surface area (Å²) in [6.45, 7) is 1.98. The van der Waals surface area contributed by atoms with Gasteiger partial charge in [0.1, 0.15) is 0 Å². The van der Waals surface area contributed by atoms with E-state index in [-0.39, 0.29) is 0 Å². The summed E-state index contributed by atoms with van der Waals surface area (Å²) in [4.78, 5) is 8.94. The van der Waals surface area contributed by atoms with E-state index in [2.05, 4.69) is 15.3 Å². The predicted molar refractivity (Wildman–Crippen MR) is 81.6 cm³/mol. The van der Waals surface area contributed by atoms with Crippen molar-refractivity contribution in [2.75, 3.05) is 6.26 Å². The summed E-state index contributed by atoms with van der Waals surface area (Å²) in [5.74, 6) is 0. The summed E-state index contributed by atoms with van der Waals surface area (Å²) in [6.07, 6.45) is 3.76. The molecular weight excluding hydrogens is 276 g/mol. The lowest BCUT2D eigenvalue weighted by Gasteiger charge is -2.04. The molecule has 96 valence electrons. The zero-order valence-corrected chi connectivity index (χ0v) is 12.2. The van der Waals surface area contributed by atoms with Crippen LogP contribution in [0.3, 0.4) is 0 Å². The van der Waals surface area contributed by atoms with Gasteiger partial charge in [-0.05, 0) is 19.2 Å². The van der Waals surface area contributed by atoms with Gasteiger partial charge in [-0.15, -0.1) is 11.3 Å². The fourth-order valence-electron chi connectivity index (χ4n) is 1.56. The molecule has 1 aromatic heterocycles. The third-order valence-corrected chi connectivity index (χ3v) is 3.73. The van der Waals surface area contributed by atoms with Gasteiger partial charge >= 0.3 is 0 Å². The van der Waals surface area contributed by atoms with E-state index in [9.17, 15) is 0 Å². The molecule has 2 rings (SSSR count). The smallest absolute Gasteiger partial charge is 0.183 e. The largest absolute Gasteiger partial charge is 0.271 e. The maximum absolute atomic E-state index is 8.67. The minimum Gasteiger partial charge on any atom is -0.271 e. The number of thioether (sulfide) groups is 1. The average molecular weight is 288 g/mol. The molecule has 4 nitrogen and oxygen atoms in total. The number of aliphatic imine (C=N–C) groups is 1. The Labute approximate surface area is 120 Å². The monoisotopic (exact) mass is 288 g/mol. The number of amidine groups is 1. The second-order valence-corrected chi connectivity index (χ2v) is 5.48. The predicted octanol–water partition coefficient (Wildman–Crippen LogP) is 3.54. The summed E-state index contributed by atoms with van der Waals surface area (Å²) in [5.41, 5.74) is 2.69. The highest BCUT2D eigenvalue weighted by Gasteiger charge is 2.08. The molecule has 0 unspecified atom stereocenters. The van der Waals surface area contributed by atoms with Crippen LogP contribution < -0.4 is 5.32 Å². The van der Waals surface area contributed by atoms with E-state index < -0.39 is 0 Å². The van der Waals surface area contributed by atoms with Gasteiger partial charge in [0.25, 0.3) is 0 Å². The highest BCUT2D eigenvalue weighted by molar-refractivity contribution is 8.13. The van der Waals surface area contributed by atoms with Crippen molar-refractivity contribution in [3.63, 3.8) is 0 Å². The Morgan fingerprint density at radius 1 is 1.47 bits per heavy atom. The van der Waals surface area contributed by atoms with Crippen molar-refractivity contribution in [2.45, 2.75) is 6.92 Å². The molecule has 0 bridgehead atoms. The number of nitrogens with zero attached hydrogens (tertiary/aromatic N) is 3. The van der Waals surface area contributed by atoms with E-state index in [1.807, 2.05) is 49.0 Å². The zero-order chi connectivity index (χ0) is 13.7. The van der Waals surface area contributed by atoms with Crippen molar-refractivity contribution in [3.8, 4) is 17.5 Å². The molecule has 1 heterocycles. The number of hydrogen-bond acceptors (Lipinski definition) is 5. The van der Waals surface area contributed by atoms with Crippen LogP contribution in [0.15, 0.2) is 34.6 Å². The second-order valence-electron chi connectivity index (χ2n) is 3.63. The Morgan fingerprint density at radius 3 is 2.89 bits per heavy atom. The molecule has 6 heteroatoms. The summed E-state index contributed by atoms with van der Waals surface area (Å²) in [5, 5.41) is 14.8. The molecule has 1 aromatic carbocycles. The standard InChI is InChI=1S/C13H12N4S2/c1-9-16-12(7-19-9)10-5-3-4-6-11(10)17-13(18-2)15-8-14/h3-7H,1-2H3,(H,15,17). The molecule has 0 fully saturated rings. The van der Waals surface area contributed by atoms with Gasteiger partial charge in [-0.25, -0.2) is 9.98 Å². The molecule has 0 aliphatic carbocycles. The van der Waals surface area contributed by atoms with Crippen LogP contribution in [0.4, 0.5) is 5.69 Å². The Bertz CT molecular complexity index is 640.